The van der Waals surface area contributed by atoms with Crippen molar-refractivity contribution < 1.29 is 23.0 Å². The van der Waals surface area contributed by atoms with Crippen molar-refractivity contribution in [1.29, 1.82) is 0 Å². The van der Waals surface area contributed by atoms with Crippen molar-refractivity contribution in [3.63, 3.8) is 0 Å². The lowest BCUT2D eigenvalue weighted by molar-refractivity contribution is -0.0670. The predicted octanol–water partition coefficient (Wildman–Crippen LogP) is 1.86. The molecule has 18 heavy (non-hydrogen) atoms. The van der Waals surface area contributed by atoms with E-state index in [-0.39, 0.29) is 37.2 Å². The Morgan fingerprint density at radius 2 is 1.89 bits per heavy atom. The van der Waals surface area contributed by atoms with Gasteiger partial charge in [-0.25, -0.2) is 8.78 Å². The number of halogens is 5. The first-order valence-electron chi connectivity index (χ1n) is 4.46. The van der Waals surface area contributed by atoms with Crippen LogP contribution in [0.25, 0.3) is 0 Å². The smallest absolute Gasteiger partial charge is 0.304 e. The van der Waals surface area contributed by atoms with E-state index in [1.165, 1.54) is 12.1 Å². The van der Waals surface area contributed by atoms with Crippen LogP contribution in [0.2, 0.25) is 0 Å². The first-order valence-corrected chi connectivity index (χ1v) is 4.46. The third kappa shape index (κ3) is 5.72. The van der Waals surface area contributed by atoms with E-state index in [1.54, 1.807) is 0 Å². The van der Waals surface area contributed by atoms with E-state index < -0.39 is 18.8 Å². The second kappa shape index (κ2) is 9.21. The minimum atomic E-state index is -3.21. The van der Waals surface area contributed by atoms with E-state index in [1.807, 2.05) is 0 Å². The molecule has 0 radical (unpaired) electrons. The topological polar surface area (TPSA) is 68.4 Å². The lowest BCUT2D eigenvalue weighted by atomic mass is 10.2. The highest BCUT2D eigenvalue weighted by Gasteiger charge is 2.20. The van der Waals surface area contributed by atoms with Crippen LogP contribution in [-0.4, -0.2) is 29.5 Å². The van der Waals surface area contributed by atoms with E-state index in [9.17, 15) is 13.2 Å². The summed E-state index contributed by atoms with van der Waals surface area (Å²) < 4.78 is 40.3. The average Bonchev–Trinajstić information content (AvgIpc) is 2.28. The first kappa shape index (κ1) is 19.6. The second-order valence-electron chi connectivity index (χ2n) is 3.01. The molecule has 2 atom stereocenters. The summed E-state index contributed by atoms with van der Waals surface area (Å²) in [5.41, 5.74) is 5.81. The number of hydrogen-bond donors (Lipinski definition) is 2. The molecule has 1 aromatic heterocycles. The van der Waals surface area contributed by atoms with Gasteiger partial charge in [0.25, 0.3) is 6.36 Å². The molecule has 0 bridgehead atoms. The molecule has 0 aliphatic carbocycles. The van der Waals surface area contributed by atoms with Gasteiger partial charge in [-0.15, -0.1) is 24.8 Å². The number of nitrogens with two attached hydrogens (primary N) is 1. The molecule has 1 rings (SSSR count). The molecule has 0 aliphatic rings. The van der Waals surface area contributed by atoms with Gasteiger partial charge in [0.1, 0.15) is 5.75 Å². The van der Waals surface area contributed by atoms with Crippen LogP contribution >= 0.6 is 24.8 Å². The molecular formula is C9H13Cl2F3N2O2. The van der Waals surface area contributed by atoms with Crippen LogP contribution in [0.15, 0.2) is 18.3 Å². The molecule has 4 nitrogen and oxygen atoms in total. The number of aliphatic hydroxyl groups is 1. The highest BCUT2D eigenvalue weighted by Crippen LogP contribution is 2.17. The molecule has 1 unspecified atom stereocenters. The molecular weight excluding hydrogens is 296 g/mol. The fraction of sp³-hybridized carbons (Fsp3) is 0.444. The number of rotatable bonds is 5. The summed E-state index contributed by atoms with van der Waals surface area (Å²) in [4.78, 5) is 3.74. The Hall–Kier alpha value is -0.760. The molecule has 3 N–H and O–H groups in total. The summed E-state index contributed by atoms with van der Waals surface area (Å²) in [6.07, 6.45) is -4.82. The number of hydrogen-bond acceptors (Lipinski definition) is 4. The fourth-order valence-electron chi connectivity index (χ4n) is 0.956. The Bertz CT molecular complexity index is 330. The summed E-state index contributed by atoms with van der Waals surface area (Å²) in [5.74, 6) is -0.123. The second-order valence-corrected chi connectivity index (χ2v) is 3.01. The minimum absolute atomic E-state index is 0. The largest absolute Gasteiger partial charge is 0.453 e. The molecule has 0 saturated carbocycles. The van der Waals surface area contributed by atoms with Crippen molar-refractivity contribution in [2.24, 2.45) is 5.73 Å². The summed E-state index contributed by atoms with van der Waals surface area (Å²) in [6, 6.07) is 1.96. The van der Waals surface area contributed by atoms with Gasteiger partial charge in [-0.05, 0) is 12.1 Å². The molecule has 0 aliphatic heterocycles. The fourth-order valence-corrected chi connectivity index (χ4v) is 0.956. The zero-order valence-electron chi connectivity index (χ0n) is 9.00. The maximum atomic E-state index is 12.5. The van der Waals surface area contributed by atoms with E-state index >= 15 is 0 Å². The summed E-state index contributed by atoms with van der Waals surface area (Å²) in [5, 5.41) is 8.72. The number of pyridine rings is 1. The number of alkyl halides is 3. The Labute approximate surface area is 114 Å². The minimum Gasteiger partial charge on any atom is -0.453 e. The van der Waals surface area contributed by atoms with Crippen LogP contribution in [0.1, 0.15) is 11.7 Å². The zero-order valence-corrected chi connectivity index (χ0v) is 10.6. The highest BCUT2D eigenvalue weighted by atomic mass is 35.5. The maximum Gasteiger partial charge on any atom is 0.304 e. The molecule has 106 valence electrons. The van der Waals surface area contributed by atoms with Crippen LogP contribution in [0.3, 0.4) is 0 Å². The number of aliphatic hydroxyl groups excluding tert-OH is 1. The quantitative estimate of drug-likeness (QED) is 0.871. The Kier molecular flexibility index (Phi) is 10.0. The van der Waals surface area contributed by atoms with Crippen LogP contribution < -0.4 is 10.5 Å². The number of aromatic nitrogens is 1. The van der Waals surface area contributed by atoms with Crippen molar-refractivity contribution in [3.05, 3.63) is 24.0 Å². The predicted molar refractivity (Wildman–Crippen MR) is 64.3 cm³/mol. The normalized spacial score (nSPS) is 13.2. The highest BCUT2D eigenvalue weighted by molar-refractivity contribution is 5.85. The molecule has 0 amide bonds. The summed E-state index contributed by atoms with van der Waals surface area (Å²) in [7, 11) is 0. The van der Waals surface area contributed by atoms with E-state index in [0.717, 1.165) is 6.20 Å². The maximum absolute atomic E-state index is 12.5. The van der Waals surface area contributed by atoms with Gasteiger partial charge in [-0.3, -0.25) is 4.98 Å². The Morgan fingerprint density at radius 3 is 2.28 bits per heavy atom. The van der Waals surface area contributed by atoms with E-state index in [4.69, 9.17) is 10.8 Å². The summed E-state index contributed by atoms with van der Waals surface area (Å²) >= 11 is 0. The van der Waals surface area contributed by atoms with Crippen molar-refractivity contribution >= 4 is 24.8 Å². The average molecular weight is 309 g/mol. The van der Waals surface area contributed by atoms with Crippen LogP contribution in [0.5, 0.6) is 5.75 Å². The number of ether oxygens (including phenoxy) is 1. The molecule has 0 spiro atoms. The van der Waals surface area contributed by atoms with E-state index in [2.05, 4.69) is 9.72 Å². The third-order valence-corrected chi connectivity index (χ3v) is 1.78. The van der Waals surface area contributed by atoms with Gasteiger partial charge in [0.15, 0.2) is 0 Å². The van der Waals surface area contributed by atoms with Gasteiger partial charge in [0.2, 0.25) is 0 Å². The standard InChI is InChI=1S/C9H11F3N2O2.2ClH/c10-8(11)9(12)16-5-1-2-7(14-3-5)6(13)4-15;;/h1-3,6,8-9,15H,4,13H2;2*1H/t6-,9?;;/m1../s1. The lowest BCUT2D eigenvalue weighted by Gasteiger charge is -2.11. The Morgan fingerprint density at radius 1 is 1.28 bits per heavy atom. The van der Waals surface area contributed by atoms with Gasteiger partial charge in [0.05, 0.1) is 24.5 Å². The Balaban J connectivity index is 0. The van der Waals surface area contributed by atoms with Crippen molar-refractivity contribution in [2.75, 3.05) is 6.61 Å². The van der Waals surface area contributed by atoms with Crippen molar-refractivity contribution in [2.45, 2.75) is 18.8 Å². The molecule has 0 fully saturated rings. The van der Waals surface area contributed by atoms with Gasteiger partial charge in [0, 0.05) is 0 Å². The van der Waals surface area contributed by atoms with Gasteiger partial charge >= 0.3 is 6.43 Å². The van der Waals surface area contributed by atoms with Gasteiger partial charge in [-0.1, -0.05) is 0 Å². The SMILES string of the molecule is Cl.Cl.N[C@H](CO)c1ccc(OC(F)C(F)F)cn1. The van der Waals surface area contributed by atoms with Crippen molar-refractivity contribution in [1.82, 2.24) is 4.98 Å². The number of nitrogens with zero attached hydrogens (tertiary/aromatic N) is 1. The molecule has 9 heteroatoms. The van der Waals surface area contributed by atoms with Crippen LogP contribution in [0.4, 0.5) is 13.2 Å². The molecule has 1 heterocycles. The summed E-state index contributed by atoms with van der Waals surface area (Å²) in [6.45, 7) is -0.296. The van der Waals surface area contributed by atoms with Crippen LogP contribution in [0, 0.1) is 0 Å². The first-order chi connectivity index (χ1) is 7.54. The zero-order chi connectivity index (χ0) is 12.1. The third-order valence-electron chi connectivity index (χ3n) is 1.78. The van der Waals surface area contributed by atoms with Gasteiger partial charge in [-0.2, -0.15) is 4.39 Å². The van der Waals surface area contributed by atoms with E-state index in [0.29, 0.717) is 5.69 Å². The molecule has 0 saturated heterocycles. The van der Waals surface area contributed by atoms with Crippen LogP contribution in [-0.2, 0) is 0 Å². The lowest BCUT2D eigenvalue weighted by Crippen LogP contribution is -2.20. The van der Waals surface area contributed by atoms with Crippen molar-refractivity contribution in [3.8, 4) is 5.75 Å². The van der Waals surface area contributed by atoms with Gasteiger partial charge < -0.3 is 15.6 Å². The molecule has 1 aromatic rings. The monoisotopic (exact) mass is 308 g/mol. The molecule has 0 aromatic carbocycles.